The Kier molecular flexibility index (Phi) is 3.71. The molecule has 5 heteroatoms. The van der Waals surface area contributed by atoms with Crippen molar-refractivity contribution >= 4 is 27.4 Å². The van der Waals surface area contributed by atoms with Crippen LogP contribution in [0.5, 0.6) is 0 Å². The monoisotopic (exact) mass is 307 g/mol. The van der Waals surface area contributed by atoms with Gasteiger partial charge in [0.05, 0.1) is 0 Å². The molecule has 112 valence electrons. The molecular formula is C16H18FNO2S. The third-order valence-electron chi connectivity index (χ3n) is 4.40. The molecule has 21 heavy (non-hydrogen) atoms. The molecule has 0 radical (unpaired) electrons. The van der Waals surface area contributed by atoms with Crippen LogP contribution in [0.4, 0.5) is 4.39 Å². The van der Waals surface area contributed by atoms with Crippen molar-refractivity contribution in [1.82, 2.24) is 4.90 Å². The number of thiophene rings is 1. The highest BCUT2D eigenvalue weighted by Crippen LogP contribution is 2.35. The van der Waals surface area contributed by atoms with Crippen LogP contribution in [-0.4, -0.2) is 29.1 Å². The molecule has 2 atom stereocenters. The van der Waals surface area contributed by atoms with E-state index in [0.29, 0.717) is 34.0 Å². The van der Waals surface area contributed by atoms with Crippen molar-refractivity contribution in [3.05, 3.63) is 34.5 Å². The number of hydrogen-bond acceptors (Lipinski definition) is 3. The van der Waals surface area contributed by atoms with Gasteiger partial charge in [-0.1, -0.05) is 19.9 Å². The fourth-order valence-corrected chi connectivity index (χ4v) is 4.16. The number of hydrogen-bond donors (Lipinski definition) is 1. The maximum atomic E-state index is 14.1. The van der Waals surface area contributed by atoms with Gasteiger partial charge in [0.15, 0.2) is 0 Å². The van der Waals surface area contributed by atoms with Crippen molar-refractivity contribution in [2.45, 2.75) is 20.4 Å². The number of rotatable bonds is 3. The van der Waals surface area contributed by atoms with Crippen LogP contribution in [0.3, 0.4) is 0 Å². The summed E-state index contributed by atoms with van der Waals surface area (Å²) in [4.78, 5) is 14.0. The van der Waals surface area contributed by atoms with Gasteiger partial charge in [-0.15, -0.1) is 11.3 Å². The topological polar surface area (TPSA) is 40.5 Å². The van der Waals surface area contributed by atoms with Crippen LogP contribution in [0.2, 0.25) is 0 Å². The lowest BCUT2D eigenvalue weighted by atomic mass is 10.0. The van der Waals surface area contributed by atoms with Crippen LogP contribution >= 0.6 is 11.3 Å². The summed E-state index contributed by atoms with van der Waals surface area (Å²) < 4.78 is 14.9. The minimum atomic E-state index is -0.967. The molecule has 0 saturated carbocycles. The average molecular weight is 307 g/mol. The van der Waals surface area contributed by atoms with Crippen molar-refractivity contribution in [2.75, 3.05) is 13.1 Å². The number of fused-ring (bicyclic) bond motifs is 1. The van der Waals surface area contributed by atoms with Gasteiger partial charge in [0.1, 0.15) is 10.7 Å². The predicted octanol–water partition coefficient (Wildman–Crippen LogP) is 3.83. The quantitative estimate of drug-likeness (QED) is 0.937. The Balaban J connectivity index is 2.04. The van der Waals surface area contributed by atoms with Crippen LogP contribution in [-0.2, 0) is 6.54 Å². The summed E-state index contributed by atoms with van der Waals surface area (Å²) in [6, 6.07) is 4.82. The number of halogens is 1. The van der Waals surface area contributed by atoms with Crippen molar-refractivity contribution in [2.24, 2.45) is 11.8 Å². The van der Waals surface area contributed by atoms with Crippen LogP contribution in [0.25, 0.3) is 10.1 Å². The molecule has 1 fully saturated rings. The zero-order valence-corrected chi connectivity index (χ0v) is 12.9. The first-order valence-corrected chi connectivity index (χ1v) is 7.94. The third kappa shape index (κ3) is 2.56. The molecule has 3 nitrogen and oxygen atoms in total. The van der Waals surface area contributed by atoms with Gasteiger partial charge >= 0.3 is 5.97 Å². The molecule has 1 aromatic carbocycles. The Morgan fingerprint density at radius 1 is 1.38 bits per heavy atom. The number of carboxylic acids is 1. The Morgan fingerprint density at radius 2 is 2.05 bits per heavy atom. The maximum absolute atomic E-state index is 14.1. The molecule has 0 amide bonds. The smallest absolute Gasteiger partial charge is 0.346 e. The molecule has 2 heterocycles. The van der Waals surface area contributed by atoms with Crippen LogP contribution in [0, 0.1) is 17.7 Å². The first-order valence-electron chi connectivity index (χ1n) is 7.13. The highest BCUT2D eigenvalue weighted by Gasteiger charge is 2.29. The molecule has 3 rings (SSSR count). The number of aromatic carboxylic acids is 1. The van der Waals surface area contributed by atoms with Crippen molar-refractivity contribution < 1.29 is 14.3 Å². The van der Waals surface area contributed by atoms with Crippen LogP contribution < -0.4 is 0 Å². The van der Waals surface area contributed by atoms with Gasteiger partial charge in [-0.05, 0) is 24.0 Å². The summed E-state index contributed by atoms with van der Waals surface area (Å²) >= 11 is 1.16. The SMILES string of the molecule is CC1CN(Cc2c(C(=O)O)sc3cccc(F)c23)CC1C. The van der Waals surface area contributed by atoms with E-state index in [9.17, 15) is 14.3 Å². The number of carbonyl (C=O) groups is 1. The van der Waals surface area contributed by atoms with Gasteiger partial charge in [0.25, 0.3) is 0 Å². The van der Waals surface area contributed by atoms with E-state index < -0.39 is 5.97 Å². The number of likely N-dealkylation sites (tertiary alicyclic amines) is 1. The molecule has 2 unspecified atom stereocenters. The van der Waals surface area contributed by atoms with E-state index in [4.69, 9.17) is 0 Å². The van der Waals surface area contributed by atoms with E-state index in [-0.39, 0.29) is 10.7 Å². The number of nitrogens with zero attached hydrogens (tertiary/aromatic N) is 1. The summed E-state index contributed by atoms with van der Waals surface area (Å²) in [5.41, 5.74) is 0.627. The molecule has 1 aromatic heterocycles. The van der Waals surface area contributed by atoms with Gasteiger partial charge in [-0.3, -0.25) is 4.90 Å². The highest BCUT2D eigenvalue weighted by molar-refractivity contribution is 7.21. The number of carboxylic acid groups (broad SMARTS) is 1. The van der Waals surface area contributed by atoms with Gasteiger partial charge in [0, 0.05) is 35.3 Å². The largest absolute Gasteiger partial charge is 0.477 e. The van der Waals surface area contributed by atoms with E-state index in [2.05, 4.69) is 18.7 Å². The second-order valence-electron chi connectivity index (χ2n) is 5.98. The summed E-state index contributed by atoms with van der Waals surface area (Å²) in [5.74, 6) is -0.113. The molecule has 1 N–H and O–H groups in total. The Hall–Kier alpha value is -1.46. The van der Waals surface area contributed by atoms with Crippen molar-refractivity contribution in [1.29, 1.82) is 0 Å². The summed E-state index contributed by atoms with van der Waals surface area (Å²) in [6.45, 7) is 6.79. The average Bonchev–Trinajstić information content (AvgIpc) is 2.93. The minimum Gasteiger partial charge on any atom is -0.477 e. The van der Waals surface area contributed by atoms with Gasteiger partial charge < -0.3 is 5.11 Å². The Morgan fingerprint density at radius 3 is 2.67 bits per heavy atom. The lowest BCUT2D eigenvalue weighted by Gasteiger charge is -2.15. The fraction of sp³-hybridized carbons (Fsp3) is 0.438. The molecule has 1 aliphatic heterocycles. The second-order valence-corrected chi connectivity index (χ2v) is 7.03. The Labute approximate surface area is 127 Å². The second kappa shape index (κ2) is 5.39. The highest BCUT2D eigenvalue weighted by atomic mass is 32.1. The first-order chi connectivity index (χ1) is 9.97. The van der Waals surface area contributed by atoms with Crippen LogP contribution in [0.1, 0.15) is 29.1 Å². The predicted molar refractivity (Wildman–Crippen MR) is 82.3 cm³/mol. The standard InChI is InChI=1S/C16H18FNO2S/c1-9-6-18(7-10(9)2)8-11-14-12(17)4-3-5-13(14)21-15(11)16(19)20/h3-5,9-10H,6-8H2,1-2H3,(H,19,20). The van der Waals surface area contributed by atoms with Gasteiger partial charge in [0.2, 0.25) is 0 Å². The van der Waals surface area contributed by atoms with E-state index in [1.54, 1.807) is 12.1 Å². The zero-order valence-electron chi connectivity index (χ0n) is 12.1. The Bertz CT molecular complexity index is 687. The van der Waals surface area contributed by atoms with E-state index in [1.165, 1.54) is 6.07 Å². The molecule has 0 bridgehead atoms. The van der Waals surface area contributed by atoms with E-state index >= 15 is 0 Å². The lowest BCUT2D eigenvalue weighted by molar-refractivity contribution is 0.0700. The third-order valence-corrected chi connectivity index (χ3v) is 5.59. The van der Waals surface area contributed by atoms with E-state index in [1.807, 2.05) is 0 Å². The molecule has 0 aliphatic carbocycles. The molecule has 1 aliphatic rings. The van der Waals surface area contributed by atoms with Crippen molar-refractivity contribution in [3.63, 3.8) is 0 Å². The van der Waals surface area contributed by atoms with E-state index in [0.717, 1.165) is 24.4 Å². The summed E-state index contributed by atoms with van der Waals surface area (Å²) in [7, 11) is 0. The van der Waals surface area contributed by atoms with Gasteiger partial charge in [-0.2, -0.15) is 0 Å². The molecule has 1 saturated heterocycles. The minimum absolute atomic E-state index is 0.266. The molecular weight excluding hydrogens is 289 g/mol. The zero-order chi connectivity index (χ0) is 15.1. The van der Waals surface area contributed by atoms with Gasteiger partial charge in [-0.25, -0.2) is 9.18 Å². The first kappa shape index (κ1) is 14.5. The normalized spacial score (nSPS) is 23.0. The number of benzene rings is 1. The lowest BCUT2D eigenvalue weighted by Crippen LogP contribution is -2.21. The fourth-order valence-electron chi connectivity index (χ4n) is 3.09. The van der Waals surface area contributed by atoms with Crippen LogP contribution in [0.15, 0.2) is 18.2 Å². The van der Waals surface area contributed by atoms with Crippen molar-refractivity contribution in [3.8, 4) is 0 Å². The summed E-state index contributed by atoms with van der Waals surface area (Å²) in [6.07, 6.45) is 0. The summed E-state index contributed by atoms with van der Waals surface area (Å²) in [5, 5.41) is 9.88. The molecule has 2 aromatic rings. The maximum Gasteiger partial charge on any atom is 0.346 e. The molecule has 0 spiro atoms.